The van der Waals surface area contributed by atoms with Gasteiger partial charge in [-0.25, -0.2) is 0 Å². The lowest BCUT2D eigenvalue weighted by molar-refractivity contribution is 0.332. The molecule has 0 amide bonds. The van der Waals surface area contributed by atoms with E-state index >= 15 is 0 Å². The van der Waals surface area contributed by atoms with E-state index in [2.05, 4.69) is 223 Å². The normalized spacial score (nSPS) is 16.2. The Bertz CT molecular complexity index is 3080. The van der Waals surface area contributed by atoms with Gasteiger partial charge in [0.15, 0.2) is 0 Å². The third kappa shape index (κ3) is 6.92. The van der Waals surface area contributed by atoms with E-state index in [1.807, 2.05) is 6.08 Å². The Hall–Kier alpha value is -5.74. The van der Waals surface area contributed by atoms with Crippen LogP contribution in [0.5, 0.6) is 0 Å². The molecule has 0 fully saturated rings. The first-order valence-electron chi connectivity index (χ1n) is 23.9. The van der Waals surface area contributed by atoms with Crippen LogP contribution in [-0.4, -0.2) is 6.71 Å². The summed E-state index contributed by atoms with van der Waals surface area (Å²) in [6.45, 7) is 37.0. The van der Waals surface area contributed by atoms with Crippen LogP contribution in [0.3, 0.4) is 0 Å². The molecule has 10 rings (SSSR count). The maximum Gasteiger partial charge on any atom is 0.297 e. The summed E-state index contributed by atoms with van der Waals surface area (Å²) >= 11 is 0. The average Bonchev–Trinajstić information content (AvgIpc) is 3.61. The lowest BCUT2D eigenvalue weighted by Gasteiger charge is -2.44. The highest BCUT2D eigenvalue weighted by molar-refractivity contribution is 7.00. The molecule has 2 aliphatic heterocycles. The van der Waals surface area contributed by atoms with Gasteiger partial charge < -0.3 is 14.2 Å². The predicted molar refractivity (Wildman–Crippen MR) is 282 cm³/mol. The van der Waals surface area contributed by atoms with Crippen molar-refractivity contribution in [2.45, 2.75) is 137 Å². The molecule has 1 aromatic heterocycles. The topological polar surface area (TPSA) is 19.6 Å². The molecule has 1 aliphatic carbocycles. The fourth-order valence-electron chi connectivity index (χ4n) is 11.0. The molecule has 3 aliphatic rings. The van der Waals surface area contributed by atoms with Gasteiger partial charge in [-0.2, -0.15) is 0 Å². The molecule has 7 aromatic rings. The van der Waals surface area contributed by atoms with Crippen LogP contribution >= 0.6 is 0 Å². The number of furan rings is 1. The SMILES string of the molecule is C=Cc1cc2c3c(c1)N(c1ccc(C(C)(C)C)cc1)c1c(oc4ccc(C)cc14)B3c1cc(C(C)(C)C)ccc1N2c1ccc(C(C)(C)C)cc1-c1ccc2c(c1)C(C)(C)CCC2(C)C. The summed E-state index contributed by atoms with van der Waals surface area (Å²) in [4.78, 5) is 5.07. The molecule has 65 heavy (non-hydrogen) atoms. The van der Waals surface area contributed by atoms with Crippen LogP contribution in [0.2, 0.25) is 0 Å². The van der Waals surface area contributed by atoms with Crippen molar-refractivity contribution in [2.75, 3.05) is 9.80 Å². The first-order valence-corrected chi connectivity index (χ1v) is 23.9. The molecule has 0 N–H and O–H groups in total. The van der Waals surface area contributed by atoms with E-state index in [1.165, 1.54) is 79.6 Å². The zero-order chi connectivity index (χ0) is 46.3. The van der Waals surface area contributed by atoms with Crippen molar-refractivity contribution in [1.82, 2.24) is 0 Å². The van der Waals surface area contributed by atoms with Crippen LogP contribution in [0.1, 0.15) is 142 Å². The first-order chi connectivity index (χ1) is 30.5. The average molecular weight is 855 g/mol. The molecule has 6 aromatic carbocycles. The predicted octanol–water partition coefficient (Wildman–Crippen LogP) is 15.4. The van der Waals surface area contributed by atoms with Gasteiger partial charge in [0.25, 0.3) is 6.71 Å². The van der Waals surface area contributed by atoms with Crippen LogP contribution in [0.4, 0.5) is 34.1 Å². The Morgan fingerprint density at radius 2 is 1.17 bits per heavy atom. The van der Waals surface area contributed by atoms with Crippen molar-refractivity contribution in [3.05, 3.63) is 155 Å². The van der Waals surface area contributed by atoms with Gasteiger partial charge in [0.2, 0.25) is 0 Å². The van der Waals surface area contributed by atoms with E-state index < -0.39 is 0 Å². The minimum absolute atomic E-state index is 0.0251. The fourth-order valence-corrected chi connectivity index (χ4v) is 11.0. The number of rotatable bonds is 4. The van der Waals surface area contributed by atoms with E-state index in [9.17, 15) is 0 Å². The van der Waals surface area contributed by atoms with Crippen LogP contribution < -0.4 is 26.4 Å². The minimum atomic E-state index is -0.149. The molecule has 0 radical (unpaired) electrons. The molecular formula is C61H67BN2O. The van der Waals surface area contributed by atoms with Gasteiger partial charge in [0.1, 0.15) is 5.58 Å². The highest BCUT2D eigenvalue weighted by Gasteiger charge is 2.48. The second-order valence-corrected chi connectivity index (χ2v) is 23.9. The van der Waals surface area contributed by atoms with Crippen LogP contribution in [0.15, 0.2) is 120 Å². The maximum absolute atomic E-state index is 7.26. The van der Waals surface area contributed by atoms with Crippen molar-refractivity contribution in [3.63, 3.8) is 0 Å². The number of benzene rings is 6. The van der Waals surface area contributed by atoms with Gasteiger partial charge in [-0.1, -0.05) is 163 Å². The second kappa shape index (κ2) is 14.4. The van der Waals surface area contributed by atoms with Gasteiger partial charge in [-0.15, -0.1) is 0 Å². The van der Waals surface area contributed by atoms with Gasteiger partial charge in [-0.05, 0) is 151 Å². The molecule has 4 heteroatoms. The molecular weight excluding hydrogens is 787 g/mol. The zero-order valence-electron chi connectivity index (χ0n) is 41.5. The quantitative estimate of drug-likeness (QED) is 0.164. The van der Waals surface area contributed by atoms with Crippen molar-refractivity contribution >= 4 is 74.5 Å². The van der Waals surface area contributed by atoms with E-state index in [0.717, 1.165) is 44.9 Å². The number of nitrogens with zero attached hydrogens (tertiary/aromatic N) is 2. The lowest BCUT2D eigenvalue weighted by atomic mass is 9.35. The van der Waals surface area contributed by atoms with Gasteiger partial charge >= 0.3 is 0 Å². The third-order valence-corrected chi connectivity index (χ3v) is 15.2. The monoisotopic (exact) mass is 855 g/mol. The standard InChI is InChI=1S/C61H67BN2O/c1-16-38-32-51-54-52(33-38)64(49-26-21-41(58(6,7)8)35-44(49)39-18-25-46-47(34-39)61(14,15)30-29-60(46,12)13)50-27-22-42(59(9,10)11)36-48(50)62(54)56-55(45-31-37(2)17-28-53(45)65-56)63(51)43-23-19-40(20-24-43)57(3,4)5/h16-28,31-36H,1,29-30H2,2-15H3. The summed E-state index contributed by atoms with van der Waals surface area (Å²) < 4.78 is 7.26. The highest BCUT2D eigenvalue weighted by atomic mass is 16.3. The van der Waals surface area contributed by atoms with E-state index in [-0.39, 0.29) is 33.8 Å². The Balaban J connectivity index is 1.32. The molecule has 0 saturated heterocycles. The summed E-state index contributed by atoms with van der Waals surface area (Å²) in [6.07, 6.45) is 4.38. The van der Waals surface area contributed by atoms with Crippen molar-refractivity contribution < 1.29 is 4.42 Å². The molecule has 0 bridgehead atoms. The van der Waals surface area contributed by atoms with Crippen LogP contribution in [-0.2, 0) is 27.1 Å². The molecule has 0 spiro atoms. The Kier molecular flexibility index (Phi) is 9.55. The minimum Gasteiger partial charge on any atom is -0.468 e. The van der Waals surface area contributed by atoms with Crippen LogP contribution in [0.25, 0.3) is 28.2 Å². The maximum atomic E-state index is 7.26. The second-order valence-electron chi connectivity index (χ2n) is 23.9. The molecule has 0 unspecified atom stereocenters. The van der Waals surface area contributed by atoms with Gasteiger partial charge in [0, 0.05) is 33.7 Å². The Labute approximate surface area is 389 Å². The number of anilines is 6. The van der Waals surface area contributed by atoms with E-state index in [1.54, 1.807) is 0 Å². The van der Waals surface area contributed by atoms with E-state index in [4.69, 9.17) is 4.42 Å². The molecule has 330 valence electrons. The number of hydrogen-bond acceptors (Lipinski definition) is 3. The van der Waals surface area contributed by atoms with Crippen LogP contribution in [0, 0.1) is 6.92 Å². The third-order valence-electron chi connectivity index (χ3n) is 15.2. The summed E-state index contributed by atoms with van der Waals surface area (Å²) in [5.41, 5.74) is 23.1. The van der Waals surface area contributed by atoms with Gasteiger partial charge in [0.05, 0.1) is 17.0 Å². The number of hydrogen-bond donors (Lipinski definition) is 0. The molecule has 3 heterocycles. The van der Waals surface area contributed by atoms with Crippen molar-refractivity contribution in [3.8, 4) is 11.1 Å². The van der Waals surface area contributed by atoms with Gasteiger partial charge in [-0.3, -0.25) is 0 Å². The number of fused-ring (bicyclic) bond motifs is 7. The fraction of sp³-hybridized carbons (Fsp3) is 0.344. The summed E-state index contributed by atoms with van der Waals surface area (Å²) in [5.74, 6) is 0. The lowest BCUT2D eigenvalue weighted by Crippen LogP contribution is -2.61. The summed E-state index contributed by atoms with van der Waals surface area (Å²) in [6, 6.07) is 42.5. The number of aryl methyl sites for hydroxylation is 1. The van der Waals surface area contributed by atoms with Crippen molar-refractivity contribution in [2.24, 2.45) is 0 Å². The largest absolute Gasteiger partial charge is 0.468 e. The van der Waals surface area contributed by atoms with E-state index in [0.29, 0.717) is 0 Å². The Morgan fingerprint density at radius 3 is 1.80 bits per heavy atom. The van der Waals surface area contributed by atoms with Crippen molar-refractivity contribution in [1.29, 1.82) is 0 Å². The summed E-state index contributed by atoms with van der Waals surface area (Å²) in [7, 11) is 0. The summed E-state index contributed by atoms with van der Waals surface area (Å²) in [5, 5.41) is 1.13. The first kappa shape index (κ1) is 43.2. The molecule has 3 nitrogen and oxygen atoms in total. The highest BCUT2D eigenvalue weighted by Crippen LogP contribution is 2.52. The zero-order valence-corrected chi connectivity index (χ0v) is 41.5. The molecule has 0 atom stereocenters. The molecule has 0 saturated carbocycles. The smallest absolute Gasteiger partial charge is 0.297 e. The Morgan fingerprint density at radius 1 is 0.585 bits per heavy atom.